The smallest absolute Gasteiger partial charge is 0.0580 e. The lowest BCUT2D eigenvalue weighted by Gasteiger charge is -2.08. The van der Waals surface area contributed by atoms with Crippen molar-refractivity contribution >= 4 is 40.3 Å². The number of hydrogen-bond donors (Lipinski definition) is 1. The second kappa shape index (κ2) is 8.51. The van der Waals surface area contributed by atoms with Crippen LogP contribution in [0.4, 0.5) is 0 Å². The van der Waals surface area contributed by atoms with Gasteiger partial charge in [0.2, 0.25) is 0 Å². The van der Waals surface area contributed by atoms with E-state index in [4.69, 9.17) is 23.2 Å². The van der Waals surface area contributed by atoms with Gasteiger partial charge < -0.3 is 9.99 Å². The molecular weight excluding hydrogens is 389 g/mol. The first-order valence-corrected chi connectivity index (χ1v) is 9.78. The predicted molar refractivity (Wildman–Crippen MR) is 118 cm³/mol. The van der Waals surface area contributed by atoms with Crippen molar-refractivity contribution in [3.63, 3.8) is 0 Å². The summed E-state index contributed by atoms with van der Waals surface area (Å²) in [6, 6.07) is 24.1. The molecule has 0 atom stereocenters. The second-order valence-electron chi connectivity index (χ2n) is 6.54. The summed E-state index contributed by atoms with van der Waals surface area (Å²) < 4.78 is 2.18. The summed E-state index contributed by atoms with van der Waals surface area (Å²) in [5.74, 6) is 0. The van der Waals surface area contributed by atoms with E-state index in [-0.39, 0.29) is 0 Å². The van der Waals surface area contributed by atoms with E-state index in [9.17, 15) is 0 Å². The van der Waals surface area contributed by atoms with Crippen LogP contribution in [0.25, 0.3) is 10.9 Å². The zero-order valence-electron chi connectivity index (χ0n) is 15.1. The SMILES string of the molecule is Clc1ccc(Cn2cc(C=NNCc3ccccc3)c3ccccc32)c(Cl)c1. The van der Waals surface area contributed by atoms with E-state index in [1.165, 1.54) is 5.56 Å². The monoisotopic (exact) mass is 407 g/mol. The molecule has 0 bridgehead atoms. The molecule has 0 radical (unpaired) electrons. The Morgan fingerprint density at radius 2 is 1.71 bits per heavy atom. The molecule has 140 valence electrons. The van der Waals surface area contributed by atoms with Gasteiger partial charge in [0.25, 0.3) is 0 Å². The molecule has 5 heteroatoms. The fourth-order valence-corrected chi connectivity index (χ4v) is 3.66. The highest BCUT2D eigenvalue weighted by Gasteiger charge is 2.09. The fourth-order valence-electron chi connectivity index (χ4n) is 3.19. The van der Waals surface area contributed by atoms with Crippen LogP contribution >= 0.6 is 23.2 Å². The molecule has 4 rings (SSSR count). The van der Waals surface area contributed by atoms with E-state index < -0.39 is 0 Å². The number of hydrogen-bond acceptors (Lipinski definition) is 2. The highest BCUT2D eigenvalue weighted by atomic mass is 35.5. The van der Waals surface area contributed by atoms with E-state index in [2.05, 4.69) is 45.6 Å². The number of aromatic nitrogens is 1. The van der Waals surface area contributed by atoms with Gasteiger partial charge in [-0.05, 0) is 29.3 Å². The van der Waals surface area contributed by atoms with Crippen molar-refractivity contribution in [2.45, 2.75) is 13.1 Å². The topological polar surface area (TPSA) is 29.3 Å². The van der Waals surface area contributed by atoms with Crippen LogP contribution in [0.1, 0.15) is 16.7 Å². The highest BCUT2D eigenvalue weighted by Crippen LogP contribution is 2.25. The van der Waals surface area contributed by atoms with Crippen LogP contribution < -0.4 is 5.43 Å². The summed E-state index contributed by atoms with van der Waals surface area (Å²) >= 11 is 12.4. The van der Waals surface area contributed by atoms with E-state index in [1.807, 2.05) is 48.7 Å². The van der Waals surface area contributed by atoms with Crippen LogP contribution in [0.2, 0.25) is 10.0 Å². The Labute approximate surface area is 174 Å². The van der Waals surface area contributed by atoms with Gasteiger partial charge in [-0.2, -0.15) is 5.10 Å². The molecule has 0 saturated heterocycles. The number of hydrazone groups is 1. The maximum atomic E-state index is 6.36. The maximum Gasteiger partial charge on any atom is 0.0580 e. The van der Waals surface area contributed by atoms with Crippen molar-refractivity contribution in [1.82, 2.24) is 9.99 Å². The molecule has 0 aliphatic carbocycles. The molecule has 0 saturated carbocycles. The highest BCUT2D eigenvalue weighted by molar-refractivity contribution is 6.35. The average molecular weight is 408 g/mol. The van der Waals surface area contributed by atoms with Crippen molar-refractivity contribution in [3.8, 4) is 0 Å². The number of nitrogens with one attached hydrogen (secondary N) is 1. The van der Waals surface area contributed by atoms with E-state index in [1.54, 1.807) is 6.07 Å². The normalized spacial score (nSPS) is 11.4. The van der Waals surface area contributed by atoms with Gasteiger partial charge in [0.1, 0.15) is 0 Å². The van der Waals surface area contributed by atoms with Crippen LogP contribution in [0.3, 0.4) is 0 Å². The van der Waals surface area contributed by atoms with Gasteiger partial charge in [-0.3, -0.25) is 0 Å². The minimum atomic E-state index is 0.642. The fraction of sp³-hybridized carbons (Fsp3) is 0.0870. The summed E-state index contributed by atoms with van der Waals surface area (Å²) in [6.45, 7) is 1.36. The lowest BCUT2D eigenvalue weighted by Crippen LogP contribution is -2.05. The first-order valence-electron chi connectivity index (χ1n) is 9.02. The lowest BCUT2D eigenvalue weighted by molar-refractivity contribution is 0.748. The van der Waals surface area contributed by atoms with Crippen molar-refractivity contribution in [2.75, 3.05) is 0 Å². The number of nitrogens with zero attached hydrogens (tertiary/aromatic N) is 2. The number of fused-ring (bicyclic) bond motifs is 1. The Morgan fingerprint density at radius 1 is 0.929 bits per heavy atom. The summed E-state index contributed by atoms with van der Waals surface area (Å²) in [5.41, 5.74) is 7.53. The van der Waals surface area contributed by atoms with Gasteiger partial charge >= 0.3 is 0 Å². The van der Waals surface area contributed by atoms with Gasteiger partial charge in [-0.1, -0.05) is 77.8 Å². The lowest BCUT2D eigenvalue weighted by atomic mass is 10.2. The third-order valence-electron chi connectivity index (χ3n) is 4.60. The molecule has 0 aliphatic heterocycles. The Kier molecular flexibility index (Phi) is 5.65. The van der Waals surface area contributed by atoms with Gasteiger partial charge in [-0.15, -0.1) is 0 Å². The van der Waals surface area contributed by atoms with Gasteiger partial charge in [-0.25, -0.2) is 0 Å². The van der Waals surface area contributed by atoms with Crippen LogP contribution in [0.5, 0.6) is 0 Å². The summed E-state index contributed by atoms with van der Waals surface area (Å²) in [7, 11) is 0. The zero-order chi connectivity index (χ0) is 19.3. The maximum absolute atomic E-state index is 6.36. The van der Waals surface area contributed by atoms with Crippen LogP contribution in [0, 0.1) is 0 Å². The molecule has 28 heavy (non-hydrogen) atoms. The number of benzene rings is 3. The molecule has 1 heterocycles. The average Bonchev–Trinajstić information content (AvgIpc) is 3.06. The first-order chi connectivity index (χ1) is 13.7. The molecule has 0 amide bonds. The summed E-state index contributed by atoms with van der Waals surface area (Å²) in [6.07, 6.45) is 3.97. The number of rotatable bonds is 6. The molecule has 0 aliphatic rings. The standard InChI is InChI=1S/C23H19Cl2N3/c24-20-11-10-18(22(25)12-20)15-28-16-19(21-8-4-5-9-23(21)28)14-27-26-13-17-6-2-1-3-7-17/h1-12,14,16,26H,13,15H2. The molecule has 0 fully saturated rings. The Morgan fingerprint density at radius 3 is 2.54 bits per heavy atom. The quantitative estimate of drug-likeness (QED) is 0.302. The van der Waals surface area contributed by atoms with Crippen molar-refractivity contribution in [3.05, 3.63) is 106 Å². The Hall–Kier alpha value is -2.75. The van der Waals surface area contributed by atoms with Crippen molar-refractivity contribution in [2.24, 2.45) is 5.10 Å². The second-order valence-corrected chi connectivity index (χ2v) is 7.39. The van der Waals surface area contributed by atoms with Crippen LogP contribution in [-0.4, -0.2) is 10.8 Å². The van der Waals surface area contributed by atoms with E-state index in [0.717, 1.165) is 22.0 Å². The van der Waals surface area contributed by atoms with Crippen LogP contribution in [-0.2, 0) is 13.1 Å². The first kappa shape index (κ1) is 18.6. The van der Waals surface area contributed by atoms with Crippen molar-refractivity contribution in [1.29, 1.82) is 0 Å². The van der Waals surface area contributed by atoms with Gasteiger partial charge in [0.15, 0.2) is 0 Å². The molecular formula is C23H19Cl2N3. The van der Waals surface area contributed by atoms with E-state index in [0.29, 0.717) is 23.1 Å². The van der Waals surface area contributed by atoms with Gasteiger partial charge in [0.05, 0.1) is 12.8 Å². The minimum absolute atomic E-state index is 0.642. The molecule has 1 N–H and O–H groups in total. The predicted octanol–water partition coefficient (Wildman–Crippen LogP) is 6.12. The minimum Gasteiger partial charge on any atom is -0.342 e. The molecule has 0 spiro atoms. The number of halogens is 2. The Bertz CT molecular complexity index is 1120. The van der Waals surface area contributed by atoms with Gasteiger partial charge in [0, 0.05) is 39.3 Å². The summed E-state index contributed by atoms with van der Waals surface area (Å²) in [5, 5.41) is 6.87. The zero-order valence-corrected chi connectivity index (χ0v) is 16.7. The molecule has 3 aromatic carbocycles. The molecule has 4 aromatic rings. The Balaban J connectivity index is 1.56. The molecule has 0 unspecified atom stereocenters. The van der Waals surface area contributed by atoms with Crippen LogP contribution in [0.15, 0.2) is 84.1 Å². The molecule has 3 nitrogen and oxygen atoms in total. The number of para-hydroxylation sites is 1. The third kappa shape index (κ3) is 4.22. The van der Waals surface area contributed by atoms with E-state index >= 15 is 0 Å². The largest absolute Gasteiger partial charge is 0.342 e. The third-order valence-corrected chi connectivity index (χ3v) is 5.18. The summed E-state index contributed by atoms with van der Waals surface area (Å²) in [4.78, 5) is 0. The molecule has 1 aromatic heterocycles. The van der Waals surface area contributed by atoms with Crippen molar-refractivity contribution < 1.29 is 0 Å².